The van der Waals surface area contributed by atoms with E-state index in [1.165, 1.54) is 0 Å². The Morgan fingerprint density at radius 2 is 1.81 bits per heavy atom. The lowest BCUT2D eigenvalue weighted by Gasteiger charge is -2.27. The van der Waals surface area contributed by atoms with E-state index in [0.717, 1.165) is 18.4 Å². The molecule has 0 unspecified atom stereocenters. The van der Waals surface area contributed by atoms with Crippen LogP contribution in [0.25, 0.3) is 0 Å². The zero-order valence-corrected chi connectivity index (χ0v) is 14.9. The van der Waals surface area contributed by atoms with Crippen LogP contribution in [0, 0.1) is 5.92 Å². The Hall–Kier alpha value is -0.440. The Morgan fingerprint density at radius 3 is 2.33 bits per heavy atom. The van der Waals surface area contributed by atoms with Crippen LogP contribution in [0.3, 0.4) is 0 Å². The van der Waals surface area contributed by atoms with Crippen LogP contribution in [0.5, 0.6) is 0 Å². The average Bonchev–Trinajstić information content (AvgIpc) is 2.38. The Balaban J connectivity index is 2.58. The minimum absolute atomic E-state index is 0.0717. The van der Waals surface area contributed by atoms with Crippen LogP contribution in [0.2, 0.25) is 5.02 Å². The second kappa shape index (κ2) is 8.26. The van der Waals surface area contributed by atoms with Crippen molar-refractivity contribution in [2.45, 2.75) is 50.4 Å². The molecule has 1 aromatic rings. The highest BCUT2D eigenvalue weighted by Gasteiger charge is 2.33. The normalized spacial score (nSPS) is 14.6. The third-order valence-electron chi connectivity index (χ3n) is 3.59. The molecule has 0 saturated carbocycles. The van der Waals surface area contributed by atoms with E-state index >= 15 is 0 Å². The maximum Gasteiger partial charge on any atom is 0.223 e. The number of nitrogens with one attached hydrogen (secondary N) is 1. The van der Waals surface area contributed by atoms with Gasteiger partial charge in [0, 0.05) is 5.02 Å². The first-order valence-electron chi connectivity index (χ1n) is 7.19. The van der Waals surface area contributed by atoms with Gasteiger partial charge in [-0.3, -0.25) is 4.79 Å². The first-order valence-corrected chi connectivity index (χ1v) is 8.32. The number of halogens is 3. The van der Waals surface area contributed by atoms with Crippen molar-refractivity contribution in [3.63, 3.8) is 0 Å². The van der Waals surface area contributed by atoms with Gasteiger partial charge in [-0.25, -0.2) is 0 Å². The molecular weight excluding hydrogens is 329 g/mol. The van der Waals surface area contributed by atoms with Gasteiger partial charge in [0.1, 0.15) is 4.33 Å². The molecule has 1 N–H and O–H groups in total. The molecule has 0 aliphatic rings. The van der Waals surface area contributed by atoms with Crippen LogP contribution < -0.4 is 5.32 Å². The summed E-state index contributed by atoms with van der Waals surface area (Å²) in [5.41, 5.74) is 0.990. The maximum atomic E-state index is 12.1. The number of hydrogen-bond acceptors (Lipinski definition) is 1. The molecular formula is C16H22Cl3NO. The lowest BCUT2D eigenvalue weighted by atomic mass is 9.98. The van der Waals surface area contributed by atoms with Crippen LogP contribution in [-0.2, 0) is 4.79 Å². The summed E-state index contributed by atoms with van der Waals surface area (Å²) in [4.78, 5) is 12.1. The molecule has 118 valence electrons. The van der Waals surface area contributed by atoms with Gasteiger partial charge in [0.2, 0.25) is 5.91 Å². The second-order valence-electron chi connectivity index (χ2n) is 5.47. The number of carbonyl (C=O) groups excluding carboxylic acids is 1. The zero-order valence-electron chi connectivity index (χ0n) is 12.6. The summed E-state index contributed by atoms with van der Waals surface area (Å²) in [6, 6.07) is 7.27. The molecule has 0 aromatic heterocycles. The summed E-state index contributed by atoms with van der Waals surface area (Å²) < 4.78 is -1.03. The first-order chi connectivity index (χ1) is 9.76. The van der Waals surface area contributed by atoms with Gasteiger partial charge in [-0.05, 0) is 37.0 Å². The summed E-state index contributed by atoms with van der Waals surface area (Å²) in [7, 11) is 0. The van der Waals surface area contributed by atoms with Gasteiger partial charge in [-0.2, -0.15) is 0 Å². The molecule has 0 spiro atoms. The van der Waals surface area contributed by atoms with E-state index in [2.05, 4.69) is 12.2 Å². The summed E-state index contributed by atoms with van der Waals surface area (Å²) in [6.45, 7) is 5.96. The van der Waals surface area contributed by atoms with Crippen molar-refractivity contribution in [3.8, 4) is 0 Å². The average molecular weight is 351 g/mol. The van der Waals surface area contributed by atoms with E-state index in [9.17, 15) is 4.79 Å². The molecule has 1 aromatic carbocycles. The van der Waals surface area contributed by atoms with Gasteiger partial charge in [0.25, 0.3) is 0 Å². The van der Waals surface area contributed by atoms with Gasteiger partial charge in [0.05, 0.1) is 12.5 Å². The van der Waals surface area contributed by atoms with Gasteiger partial charge < -0.3 is 5.32 Å². The maximum absolute atomic E-state index is 12.1. The lowest BCUT2D eigenvalue weighted by molar-refractivity contribution is -0.122. The van der Waals surface area contributed by atoms with Crippen LogP contribution in [-0.4, -0.2) is 10.2 Å². The lowest BCUT2D eigenvalue weighted by Crippen LogP contribution is -2.34. The molecule has 1 rings (SSSR count). The molecule has 0 fully saturated rings. The first kappa shape index (κ1) is 18.6. The minimum Gasteiger partial charge on any atom is -0.349 e. The minimum atomic E-state index is -1.03. The molecule has 0 saturated heterocycles. The highest BCUT2D eigenvalue weighted by molar-refractivity contribution is 6.49. The third-order valence-corrected chi connectivity index (χ3v) is 4.85. The van der Waals surface area contributed by atoms with Gasteiger partial charge in [-0.15, -0.1) is 23.2 Å². The van der Waals surface area contributed by atoms with E-state index in [1.54, 1.807) is 12.1 Å². The quantitative estimate of drug-likeness (QED) is 0.645. The van der Waals surface area contributed by atoms with E-state index in [0.29, 0.717) is 5.02 Å². The fraction of sp³-hybridized carbons (Fsp3) is 0.562. The fourth-order valence-corrected chi connectivity index (χ4v) is 2.75. The van der Waals surface area contributed by atoms with E-state index in [1.807, 2.05) is 26.0 Å². The Bertz CT molecular complexity index is 459. The second-order valence-corrected chi connectivity index (χ2v) is 7.45. The predicted octanol–water partition coefficient (Wildman–Crippen LogP) is 5.52. The van der Waals surface area contributed by atoms with Crippen LogP contribution >= 0.6 is 34.8 Å². The largest absolute Gasteiger partial charge is 0.349 e. The highest BCUT2D eigenvalue weighted by Crippen LogP contribution is 2.36. The number of amides is 1. The monoisotopic (exact) mass is 349 g/mol. The van der Waals surface area contributed by atoms with Crippen LogP contribution in [0.1, 0.15) is 51.6 Å². The highest BCUT2D eigenvalue weighted by atomic mass is 35.5. The molecule has 21 heavy (non-hydrogen) atoms. The van der Waals surface area contributed by atoms with Crippen molar-refractivity contribution < 1.29 is 4.79 Å². The smallest absolute Gasteiger partial charge is 0.223 e. The van der Waals surface area contributed by atoms with Gasteiger partial charge in [-0.1, -0.05) is 44.0 Å². The van der Waals surface area contributed by atoms with Crippen LogP contribution in [0.15, 0.2) is 24.3 Å². The molecule has 2 atom stereocenters. The Morgan fingerprint density at radius 1 is 1.24 bits per heavy atom. The number of hydrogen-bond donors (Lipinski definition) is 1. The third kappa shape index (κ3) is 6.06. The summed E-state index contributed by atoms with van der Waals surface area (Å²) in [5, 5.41) is 3.59. The molecule has 0 bridgehead atoms. The van der Waals surface area contributed by atoms with Crippen molar-refractivity contribution in [2.24, 2.45) is 5.92 Å². The summed E-state index contributed by atoms with van der Waals surface area (Å²) >= 11 is 18.4. The van der Waals surface area contributed by atoms with Crippen molar-refractivity contribution in [2.75, 3.05) is 0 Å². The number of carbonyl (C=O) groups is 1. The standard InChI is InChI=1S/C16H22Cl3NO/c1-4-5-11(2)16(18,19)10-15(21)20-12(3)13-6-8-14(17)9-7-13/h6-9,11-12H,4-5,10H2,1-3H3,(H,20,21)/t11-,12-/m1/s1. The zero-order chi connectivity index (χ0) is 16.0. The van der Waals surface area contributed by atoms with E-state index < -0.39 is 4.33 Å². The van der Waals surface area contributed by atoms with Gasteiger partial charge >= 0.3 is 0 Å². The summed E-state index contributed by atoms with van der Waals surface area (Å²) in [5.74, 6) is -0.0761. The molecule has 2 nitrogen and oxygen atoms in total. The number of alkyl halides is 2. The Labute approximate surface area is 142 Å². The molecule has 0 aliphatic heterocycles. The SMILES string of the molecule is CCC[C@@H](C)C(Cl)(Cl)CC(=O)N[C@H](C)c1ccc(Cl)cc1. The fourth-order valence-electron chi connectivity index (χ4n) is 2.16. The van der Waals surface area contributed by atoms with E-state index in [-0.39, 0.29) is 24.3 Å². The molecule has 0 radical (unpaired) electrons. The topological polar surface area (TPSA) is 29.1 Å². The van der Waals surface area contributed by atoms with E-state index in [4.69, 9.17) is 34.8 Å². The predicted molar refractivity (Wildman–Crippen MR) is 91.1 cm³/mol. The van der Waals surface area contributed by atoms with Crippen molar-refractivity contribution in [3.05, 3.63) is 34.9 Å². The molecule has 5 heteroatoms. The van der Waals surface area contributed by atoms with Crippen molar-refractivity contribution >= 4 is 40.7 Å². The Kier molecular flexibility index (Phi) is 7.32. The van der Waals surface area contributed by atoms with Crippen molar-refractivity contribution in [1.82, 2.24) is 5.32 Å². The van der Waals surface area contributed by atoms with Crippen molar-refractivity contribution in [1.29, 1.82) is 0 Å². The molecule has 1 amide bonds. The number of benzene rings is 1. The molecule has 0 heterocycles. The molecule has 0 aliphatic carbocycles. The summed E-state index contributed by atoms with van der Waals surface area (Å²) in [6.07, 6.45) is 1.98. The number of rotatable bonds is 7. The van der Waals surface area contributed by atoms with Gasteiger partial charge in [0.15, 0.2) is 0 Å². The van der Waals surface area contributed by atoms with Crippen LogP contribution in [0.4, 0.5) is 0 Å².